The largest absolute Gasteiger partial charge is 0.444 e. The van der Waals surface area contributed by atoms with Gasteiger partial charge in [0.25, 0.3) is 0 Å². The van der Waals surface area contributed by atoms with Gasteiger partial charge in [0, 0.05) is 11.9 Å². The second-order valence-electron chi connectivity index (χ2n) is 2.47. The predicted molar refractivity (Wildman–Crippen MR) is 44.5 cm³/mol. The molecule has 0 aromatic carbocycles. The normalized spacial score (nSPS) is 10.1. The highest BCUT2D eigenvalue weighted by Gasteiger charge is 2.04. The smallest absolute Gasteiger partial charge is 0.227 e. The Bertz CT molecular complexity index is 368. The molecule has 0 aliphatic heterocycles. The van der Waals surface area contributed by atoms with Gasteiger partial charge in [0.15, 0.2) is 0 Å². The molecule has 12 heavy (non-hydrogen) atoms. The molecule has 0 aliphatic rings. The van der Waals surface area contributed by atoms with E-state index in [1.807, 2.05) is 19.1 Å². The maximum Gasteiger partial charge on any atom is 0.227 e. The quantitative estimate of drug-likeness (QED) is 0.640. The first-order valence-corrected chi connectivity index (χ1v) is 3.69. The Morgan fingerprint density at radius 2 is 2.17 bits per heavy atom. The lowest BCUT2D eigenvalue weighted by Crippen LogP contribution is -1.85. The molecule has 2 aromatic heterocycles. The van der Waals surface area contributed by atoms with Crippen molar-refractivity contribution in [2.75, 3.05) is 0 Å². The van der Waals surface area contributed by atoms with Crippen LogP contribution in [-0.2, 0) is 0 Å². The molecule has 0 bridgehead atoms. The number of nitrogens with zero attached hydrogens (tertiary/aromatic N) is 2. The number of rotatable bonds is 1. The van der Waals surface area contributed by atoms with Crippen molar-refractivity contribution in [1.82, 2.24) is 9.97 Å². The molecule has 2 heterocycles. The van der Waals surface area contributed by atoms with Gasteiger partial charge in [0.1, 0.15) is 6.26 Å². The highest BCUT2D eigenvalue weighted by Crippen LogP contribution is 2.18. The molecule has 0 aliphatic carbocycles. The first-order chi connectivity index (χ1) is 5.88. The van der Waals surface area contributed by atoms with Crippen LogP contribution in [0.2, 0.25) is 0 Å². The molecule has 0 fully saturated rings. The minimum absolute atomic E-state index is 0.626. The number of aromatic nitrogens is 2. The van der Waals surface area contributed by atoms with Crippen molar-refractivity contribution in [2.45, 2.75) is 6.92 Å². The van der Waals surface area contributed by atoms with Gasteiger partial charge in [-0.15, -0.1) is 0 Å². The molecule has 0 saturated heterocycles. The van der Waals surface area contributed by atoms with Crippen molar-refractivity contribution in [3.63, 3.8) is 0 Å². The topological polar surface area (TPSA) is 38.9 Å². The molecule has 2 aromatic rings. The lowest BCUT2D eigenvalue weighted by molar-refractivity contribution is 0.573. The Morgan fingerprint density at radius 1 is 1.25 bits per heavy atom. The number of hydrogen-bond acceptors (Lipinski definition) is 3. The lowest BCUT2D eigenvalue weighted by atomic mass is 10.2. The van der Waals surface area contributed by atoms with E-state index in [-0.39, 0.29) is 0 Å². The predicted octanol–water partition coefficient (Wildman–Crippen LogP) is 2.05. The van der Waals surface area contributed by atoms with Crippen LogP contribution in [0.3, 0.4) is 0 Å². The second-order valence-corrected chi connectivity index (χ2v) is 2.47. The molecule has 0 unspecified atom stereocenters. The molecule has 0 saturated carbocycles. The van der Waals surface area contributed by atoms with Crippen LogP contribution in [0, 0.1) is 6.92 Å². The molecule has 60 valence electrons. The van der Waals surface area contributed by atoms with E-state index < -0.39 is 0 Å². The Hall–Kier alpha value is -1.64. The molecule has 0 spiro atoms. The SMILES string of the molecule is Cc1ncccc1-c1ncco1. The highest BCUT2D eigenvalue weighted by atomic mass is 16.3. The van der Waals surface area contributed by atoms with E-state index in [4.69, 9.17) is 4.42 Å². The summed E-state index contributed by atoms with van der Waals surface area (Å²) < 4.78 is 5.15. The Morgan fingerprint density at radius 3 is 2.83 bits per heavy atom. The van der Waals surface area contributed by atoms with E-state index in [0.29, 0.717) is 5.89 Å². The fourth-order valence-corrected chi connectivity index (χ4v) is 1.07. The van der Waals surface area contributed by atoms with Crippen molar-refractivity contribution in [3.8, 4) is 11.5 Å². The third-order valence-corrected chi connectivity index (χ3v) is 1.67. The third-order valence-electron chi connectivity index (χ3n) is 1.67. The summed E-state index contributed by atoms with van der Waals surface area (Å²) in [6, 6.07) is 3.81. The van der Waals surface area contributed by atoms with Gasteiger partial charge < -0.3 is 4.42 Å². The number of pyridine rings is 1. The molecular formula is C9H8N2O. The molecule has 3 nitrogen and oxygen atoms in total. The molecule has 0 N–H and O–H groups in total. The van der Waals surface area contributed by atoms with Crippen LogP contribution >= 0.6 is 0 Å². The highest BCUT2D eigenvalue weighted by molar-refractivity contribution is 5.55. The monoisotopic (exact) mass is 160 g/mol. The Balaban J connectivity index is 2.55. The fraction of sp³-hybridized carbons (Fsp3) is 0.111. The van der Waals surface area contributed by atoms with Crippen LogP contribution in [0.5, 0.6) is 0 Å². The van der Waals surface area contributed by atoms with Crippen molar-refractivity contribution >= 4 is 0 Å². The van der Waals surface area contributed by atoms with Crippen LogP contribution in [-0.4, -0.2) is 9.97 Å². The van der Waals surface area contributed by atoms with Gasteiger partial charge in [-0.25, -0.2) is 4.98 Å². The van der Waals surface area contributed by atoms with E-state index in [1.165, 1.54) is 0 Å². The fourth-order valence-electron chi connectivity index (χ4n) is 1.07. The van der Waals surface area contributed by atoms with Gasteiger partial charge in [-0.05, 0) is 19.1 Å². The van der Waals surface area contributed by atoms with E-state index in [2.05, 4.69) is 9.97 Å². The van der Waals surface area contributed by atoms with Gasteiger partial charge in [0.2, 0.25) is 5.89 Å². The van der Waals surface area contributed by atoms with E-state index in [9.17, 15) is 0 Å². The van der Waals surface area contributed by atoms with Gasteiger partial charge in [-0.2, -0.15) is 0 Å². The van der Waals surface area contributed by atoms with E-state index in [0.717, 1.165) is 11.3 Å². The van der Waals surface area contributed by atoms with Gasteiger partial charge in [-0.1, -0.05) is 0 Å². The van der Waals surface area contributed by atoms with Crippen LogP contribution in [0.15, 0.2) is 35.2 Å². The number of aryl methyl sites for hydroxylation is 1. The van der Waals surface area contributed by atoms with Crippen molar-refractivity contribution in [3.05, 3.63) is 36.5 Å². The number of hydrogen-bond donors (Lipinski definition) is 0. The standard InChI is InChI=1S/C9H8N2O/c1-7-8(3-2-4-10-7)9-11-5-6-12-9/h2-6H,1H3. The van der Waals surface area contributed by atoms with Crippen molar-refractivity contribution < 1.29 is 4.42 Å². The van der Waals surface area contributed by atoms with E-state index in [1.54, 1.807) is 18.7 Å². The van der Waals surface area contributed by atoms with E-state index >= 15 is 0 Å². The third kappa shape index (κ3) is 1.09. The van der Waals surface area contributed by atoms with Crippen LogP contribution in [0.25, 0.3) is 11.5 Å². The summed E-state index contributed by atoms with van der Waals surface area (Å²) in [5.74, 6) is 0.626. The minimum atomic E-state index is 0.626. The average molecular weight is 160 g/mol. The Kier molecular flexibility index (Phi) is 1.63. The van der Waals surface area contributed by atoms with Crippen LogP contribution in [0.4, 0.5) is 0 Å². The van der Waals surface area contributed by atoms with Crippen LogP contribution < -0.4 is 0 Å². The van der Waals surface area contributed by atoms with Crippen LogP contribution in [0.1, 0.15) is 5.69 Å². The summed E-state index contributed by atoms with van der Waals surface area (Å²) in [6.07, 6.45) is 4.94. The summed E-state index contributed by atoms with van der Waals surface area (Å²) in [5.41, 5.74) is 1.88. The van der Waals surface area contributed by atoms with Crippen molar-refractivity contribution in [2.24, 2.45) is 0 Å². The molecule has 0 radical (unpaired) electrons. The minimum Gasteiger partial charge on any atom is -0.444 e. The van der Waals surface area contributed by atoms with Crippen molar-refractivity contribution in [1.29, 1.82) is 0 Å². The second kappa shape index (κ2) is 2.77. The van der Waals surface area contributed by atoms with Gasteiger partial charge in [0.05, 0.1) is 11.8 Å². The van der Waals surface area contributed by atoms with Gasteiger partial charge >= 0.3 is 0 Å². The first kappa shape index (κ1) is 7.03. The molecular weight excluding hydrogens is 152 g/mol. The Labute approximate surface area is 70.1 Å². The summed E-state index contributed by atoms with van der Waals surface area (Å²) in [7, 11) is 0. The molecule has 0 atom stereocenters. The molecule has 0 amide bonds. The zero-order valence-corrected chi connectivity index (χ0v) is 6.69. The first-order valence-electron chi connectivity index (χ1n) is 3.69. The summed E-state index contributed by atoms with van der Waals surface area (Å²) in [5, 5.41) is 0. The number of oxazole rings is 1. The summed E-state index contributed by atoms with van der Waals surface area (Å²) in [4.78, 5) is 8.18. The summed E-state index contributed by atoms with van der Waals surface area (Å²) >= 11 is 0. The zero-order valence-electron chi connectivity index (χ0n) is 6.69. The summed E-state index contributed by atoms with van der Waals surface area (Å²) in [6.45, 7) is 1.93. The lowest BCUT2D eigenvalue weighted by Gasteiger charge is -1.97. The van der Waals surface area contributed by atoms with Gasteiger partial charge in [-0.3, -0.25) is 4.98 Å². The zero-order chi connectivity index (χ0) is 8.39. The maximum absolute atomic E-state index is 5.15. The maximum atomic E-state index is 5.15. The average Bonchev–Trinajstić information content (AvgIpc) is 2.57. The molecule has 3 heteroatoms. The molecule has 2 rings (SSSR count).